The topological polar surface area (TPSA) is 72.9 Å². The molecule has 0 bridgehead atoms. The second-order valence-electron chi connectivity index (χ2n) is 4.21. The summed E-state index contributed by atoms with van der Waals surface area (Å²) in [5.74, 6) is -1.03. The van der Waals surface area contributed by atoms with E-state index in [0.29, 0.717) is 12.6 Å². The van der Waals surface area contributed by atoms with E-state index in [2.05, 4.69) is 10.2 Å². The Kier molecular flexibility index (Phi) is 4.54. The number of carbonyl (C=O) groups excluding carboxylic acids is 1. The van der Waals surface area contributed by atoms with Crippen LogP contribution in [-0.4, -0.2) is 66.7 Å². The number of amides is 2. The smallest absolute Gasteiger partial charge is 0.323 e. The number of hydrogen-bond donors (Lipinski definition) is 2. The standard InChI is InChI=1S/C10H19N3O3/c1-12-5-3-4-8(12)7-13(2)10(16)11-6-9(14)15/h8H,3-7H2,1-2H3,(H,11,16)(H,14,15). The van der Waals surface area contributed by atoms with Crippen LogP contribution >= 0.6 is 0 Å². The summed E-state index contributed by atoms with van der Waals surface area (Å²) in [6, 6.07) is 0.0586. The van der Waals surface area contributed by atoms with Gasteiger partial charge in [0, 0.05) is 19.6 Å². The van der Waals surface area contributed by atoms with Crippen molar-refractivity contribution in [2.75, 3.05) is 33.7 Å². The lowest BCUT2D eigenvalue weighted by Gasteiger charge is -2.25. The third-order valence-corrected chi connectivity index (χ3v) is 2.89. The first-order valence-electron chi connectivity index (χ1n) is 5.41. The van der Waals surface area contributed by atoms with Crippen molar-refractivity contribution < 1.29 is 14.7 Å². The lowest BCUT2D eigenvalue weighted by molar-refractivity contribution is -0.135. The van der Waals surface area contributed by atoms with E-state index in [1.807, 2.05) is 7.05 Å². The number of nitrogens with zero attached hydrogens (tertiary/aromatic N) is 2. The molecule has 0 aromatic heterocycles. The summed E-state index contributed by atoms with van der Waals surface area (Å²) in [5, 5.41) is 10.8. The number of urea groups is 1. The SMILES string of the molecule is CN(CC1CCCN1C)C(=O)NCC(=O)O. The average molecular weight is 229 g/mol. The van der Waals surface area contributed by atoms with Crippen molar-refractivity contribution >= 4 is 12.0 Å². The van der Waals surface area contributed by atoms with Gasteiger partial charge in [0.25, 0.3) is 0 Å². The Morgan fingerprint density at radius 2 is 2.25 bits per heavy atom. The van der Waals surface area contributed by atoms with E-state index < -0.39 is 5.97 Å². The predicted octanol–water partition coefficient (Wildman–Crippen LogP) is -0.193. The van der Waals surface area contributed by atoms with Crippen molar-refractivity contribution in [1.29, 1.82) is 0 Å². The van der Waals surface area contributed by atoms with Crippen LogP contribution in [0.1, 0.15) is 12.8 Å². The van der Waals surface area contributed by atoms with E-state index in [0.717, 1.165) is 19.4 Å². The Bertz CT molecular complexity index is 270. The zero-order valence-corrected chi connectivity index (χ0v) is 9.77. The summed E-state index contributed by atoms with van der Waals surface area (Å²) in [6.07, 6.45) is 2.25. The molecule has 1 saturated heterocycles. The summed E-state index contributed by atoms with van der Waals surface area (Å²) in [6.45, 7) is 1.38. The molecule has 1 fully saturated rings. The highest BCUT2D eigenvalue weighted by Gasteiger charge is 2.23. The molecule has 0 aliphatic carbocycles. The Morgan fingerprint density at radius 1 is 1.56 bits per heavy atom. The molecule has 0 aromatic carbocycles. The Morgan fingerprint density at radius 3 is 2.75 bits per heavy atom. The van der Waals surface area contributed by atoms with Gasteiger partial charge in [0.1, 0.15) is 6.54 Å². The number of hydrogen-bond acceptors (Lipinski definition) is 3. The maximum atomic E-state index is 11.5. The maximum Gasteiger partial charge on any atom is 0.323 e. The van der Waals surface area contributed by atoms with Crippen LogP contribution in [0.5, 0.6) is 0 Å². The number of likely N-dealkylation sites (tertiary alicyclic amines) is 1. The molecule has 0 aromatic rings. The Labute approximate surface area is 95.2 Å². The number of carboxylic acids is 1. The lowest BCUT2D eigenvalue weighted by Crippen LogP contribution is -2.45. The van der Waals surface area contributed by atoms with Gasteiger partial charge in [0.05, 0.1) is 0 Å². The fourth-order valence-electron chi connectivity index (χ4n) is 1.90. The van der Waals surface area contributed by atoms with Crippen molar-refractivity contribution in [2.24, 2.45) is 0 Å². The third kappa shape index (κ3) is 3.69. The van der Waals surface area contributed by atoms with E-state index in [1.165, 1.54) is 4.90 Å². The minimum Gasteiger partial charge on any atom is -0.480 e. The molecule has 1 atom stereocenters. The van der Waals surface area contributed by atoms with E-state index in [9.17, 15) is 9.59 Å². The molecule has 1 aliphatic rings. The molecule has 6 nitrogen and oxygen atoms in total. The lowest BCUT2D eigenvalue weighted by atomic mass is 10.2. The van der Waals surface area contributed by atoms with Crippen molar-refractivity contribution in [1.82, 2.24) is 15.1 Å². The first-order valence-corrected chi connectivity index (χ1v) is 5.41. The van der Waals surface area contributed by atoms with Crippen molar-refractivity contribution in [3.8, 4) is 0 Å². The number of aliphatic carboxylic acids is 1. The van der Waals surface area contributed by atoms with E-state index in [-0.39, 0.29) is 12.6 Å². The van der Waals surface area contributed by atoms with Gasteiger partial charge in [-0.15, -0.1) is 0 Å². The molecule has 1 aliphatic heterocycles. The number of nitrogens with one attached hydrogen (secondary N) is 1. The van der Waals surface area contributed by atoms with E-state index in [4.69, 9.17) is 5.11 Å². The molecular formula is C10H19N3O3. The third-order valence-electron chi connectivity index (χ3n) is 2.89. The highest BCUT2D eigenvalue weighted by molar-refractivity contribution is 5.79. The zero-order chi connectivity index (χ0) is 12.1. The van der Waals surface area contributed by atoms with Gasteiger partial charge in [-0.2, -0.15) is 0 Å². The molecule has 1 rings (SSSR count). The van der Waals surface area contributed by atoms with Gasteiger partial charge in [0.2, 0.25) is 0 Å². The van der Waals surface area contributed by atoms with Crippen LogP contribution in [0.4, 0.5) is 4.79 Å². The van der Waals surface area contributed by atoms with Crippen LogP contribution in [0.25, 0.3) is 0 Å². The summed E-state index contributed by atoms with van der Waals surface area (Å²) < 4.78 is 0. The van der Waals surface area contributed by atoms with Crippen LogP contribution in [0.3, 0.4) is 0 Å². The van der Waals surface area contributed by atoms with Gasteiger partial charge in [-0.05, 0) is 26.4 Å². The molecule has 0 radical (unpaired) electrons. The van der Waals surface area contributed by atoms with Gasteiger partial charge in [-0.1, -0.05) is 0 Å². The predicted molar refractivity (Wildman–Crippen MR) is 59.3 cm³/mol. The monoisotopic (exact) mass is 229 g/mol. The van der Waals surface area contributed by atoms with Crippen LogP contribution in [0, 0.1) is 0 Å². The molecule has 1 heterocycles. The number of rotatable bonds is 4. The van der Waals surface area contributed by atoms with Crippen molar-refractivity contribution in [3.63, 3.8) is 0 Å². The number of carboxylic acid groups (broad SMARTS) is 1. The van der Waals surface area contributed by atoms with E-state index in [1.54, 1.807) is 7.05 Å². The summed E-state index contributed by atoms with van der Waals surface area (Å²) >= 11 is 0. The zero-order valence-electron chi connectivity index (χ0n) is 9.77. The number of carbonyl (C=O) groups is 2. The normalized spacial score (nSPS) is 20.8. The van der Waals surface area contributed by atoms with Crippen LogP contribution < -0.4 is 5.32 Å². The van der Waals surface area contributed by atoms with Crippen LogP contribution in [0.2, 0.25) is 0 Å². The number of likely N-dealkylation sites (N-methyl/N-ethyl adjacent to an activating group) is 2. The fourth-order valence-corrected chi connectivity index (χ4v) is 1.90. The fraction of sp³-hybridized carbons (Fsp3) is 0.800. The van der Waals surface area contributed by atoms with Crippen LogP contribution in [-0.2, 0) is 4.79 Å². The summed E-state index contributed by atoms with van der Waals surface area (Å²) in [7, 11) is 3.73. The molecule has 6 heteroatoms. The first-order chi connectivity index (χ1) is 7.50. The van der Waals surface area contributed by atoms with E-state index >= 15 is 0 Å². The van der Waals surface area contributed by atoms with Gasteiger partial charge < -0.3 is 20.2 Å². The minimum atomic E-state index is -1.03. The molecule has 1 unspecified atom stereocenters. The second kappa shape index (κ2) is 5.69. The summed E-state index contributed by atoms with van der Waals surface area (Å²) in [5.41, 5.74) is 0. The Hall–Kier alpha value is -1.30. The van der Waals surface area contributed by atoms with Crippen LogP contribution in [0.15, 0.2) is 0 Å². The molecule has 16 heavy (non-hydrogen) atoms. The average Bonchev–Trinajstić information content (AvgIpc) is 2.60. The van der Waals surface area contributed by atoms with Crippen molar-refractivity contribution in [2.45, 2.75) is 18.9 Å². The summed E-state index contributed by atoms with van der Waals surface area (Å²) in [4.78, 5) is 25.5. The molecule has 0 spiro atoms. The van der Waals surface area contributed by atoms with Gasteiger partial charge in [0.15, 0.2) is 0 Å². The van der Waals surface area contributed by atoms with Crippen molar-refractivity contribution in [3.05, 3.63) is 0 Å². The molecule has 2 N–H and O–H groups in total. The molecular weight excluding hydrogens is 210 g/mol. The highest BCUT2D eigenvalue weighted by atomic mass is 16.4. The maximum absolute atomic E-state index is 11.5. The highest BCUT2D eigenvalue weighted by Crippen LogP contribution is 2.15. The van der Waals surface area contributed by atoms with Gasteiger partial charge in [-0.3, -0.25) is 4.79 Å². The molecule has 92 valence electrons. The Balaban J connectivity index is 2.30. The minimum absolute atomic E-state index is 0.330. The van der Waals surface area contributed by atoms with Gasteiger partial charge in [-0.25, -0.2) is 4.79 Å². The van der Waals surface area contributed by atoms with Gasteiger partial charge >= 0.3 is 12.0 Å². The second-order valence-corrected chi connectivity index (χ2v) is 4.21. The molecule has 2 amide bonds. The molecule has 0 saturated carbocycles. The largest absolute Gasteiger partial charge is 0.480 e. The quantitative estimate of drug-likeness (QED) is 0.700. The first kappa shape index (κ1) is 12.8.